The van der Waals surface area contributed by atoms with Gasteiger partial charge in [-0.1, -0.05) is 15.9 Å². The summed E-state index contributed by atoms with van der Waals surface area (Å²) in [7, 11) is 0. The zero-order chi connectivity index (χ0) is 14.8. The highest BCUT2D eigenvalue weighted by molar-refractivity contribution is 9.10. The first-order valence-corrected chi connectivity index (χ1v) is 7.36. The number of fused-ring (bicyclic) bond motifs is 1. The SMILES string of the molecule is Nc1cc(C(=O)NCc2cc(Br)cc3c2OCC3)ccn1. The summed E-state index contributed by atoms with van der Waals surface area (Å²) < 4.78 is 6.63. The molecule has 1 aliphatic heterocycles. The van der Waals surface area contributed by atoms with E-state index in [0.717, 1.165) is 22.2 Å². The standard InChI is InChI=1S/C15H14BrN3O2/c16-12-5-9-2-4-21-14(9)11(6-12)8-19-15(20)10-1-3-18-13(17)7-10/h1,3,5-7H,2,4,8H2,(H2,17,18)(H,19,20). The van der Waals surface area contributed by atoms with Crippen LogP contribution in [-0.2, 0) is 13.0 Å². The smallest absolute Gasteiger partial charge is 0.251 e. The maximum absolute atomic E-state index is 12.1. The van der Waals surface area contributed by atoms with Crippen molar-refractivity contribution in [3.8, 4) is 5.75 Å². The summed E-state index contributed by atoms with van der Waals surface area (Å²) in [5.41, 5.74) is 8.21. The van der Waals surface area contributed by atoms with E-state index in [9.17, 15) is 4.79 Å². The minimum Gasteiger partial charge on any atom is -0.493 e. The van der Waals surface area contributed by atoms with E-state index in [1.807, 2.05) is 6.07 Å². The van der Waals surface area contributed by atoms with Gasteiger partial charge in [0.15, 0.2) is 0 Å². The highest BCUT2D eigenvalue weighted by Gasteiger charge is 2.18. The molecule has 1 aliphatic rings. The zero-order valence-corrected chi connectivity index (χ0v) is 12.8. The third-order valence-electron chi connectivity index (χ3n) is 3.31. The van der Waals surface area contributed by atoms with Crippen molar-refractivity contribution in [2.45, 2.75) is 13.0 Å². The minimum atomic E-state index is -0.184. The van der Waals surface area contributed by atoms with Gasteiger partial charge in [-0.3, -0.25) is 4.79 Å². The van der Waals surface area contributed by atoms with Crippen molar-refractivity contribution >= 4 is 27.7 Å². The van der Waals surface area contributed by atoms with Crippen LogP contribution >= 0.6 is 15.9 Å². The van der Waals surface area contributed by atoms with Gasteiger partial charge in [-0.25, -0.2) is 4.98 Å². The maximum atomic E-state index is 12.1. The Balaban J connectivity index is 1.75. The monoisotopic (exact) mass is 347 g/mol. The molecule has 2 aromatic rings. The molecule has 0 radical (unpaired) electrons. The molecule has 3 N–H and O–H groups in total. The lowest BCUT2D eigenvalue weighted by molar-refractivity contribution is 0.0950. The summed E-state index contributed by atoms with van der Waals surface area (Å²) in [4.78, 5) is 16.0. The van der Waals surface area contributed by atoms with Crippen LogP contribution in [0.25, 0.3) is 0 Å². The van der Waals surface area contributed by atoms with Gasteiger partial charge in [-0.15, -0.1) is 0 Å². The second kappa shape index (κ2) is 5.73. The lowest BCUT2D eigenvalue weighted by Gasteiger charge is -2.10. The number of amides is 1. The minimum absolute atomic E-state index is 0.184. The van der Waals surface area contributed by atoms with Gasteiger partial charge >= 0.3 is 0 Å². The molecule has 0 atom stereocenters. The van der Waals surface area contributed by atoms with Crippen molar-refractivity contribution in [3.63, 3.8) is 0 Å². The number of halogens is 1. The van der Waals surface area contributed by atoms with E-state index in [-0.39, 0.29) is 5.91 Å². The van der Waals surface area contributed by atoms with Crippen molar-refractivity contribution in [1.29, 1.82) is 0 Å². The number of aromatic nitrogens is 1. The number of nitrogen functional groups attached to an aromatic ring is 1. The highest BCUT2D eigenvalue weighted by atomic mass is 79.9. The predicted octanol–water partition coefficient (Wildman–Crippen LogP) is 2.29. The van der Waals surface area contributed by atoms with Crippen molar-refractivity contribution in [1.82, 2.24) is 10.3 Å². The molecule has 6 heteroatoms. The van der Waals surface area contributed by atoms with Crippen LogP contribution in [0.5, 0.6) is 5.75 Å². The summed E-state index contributed by atoms with van der Waals surface area (Å²) >= 11 is 3.48. The van der Waals surface area contributed by atoms with Gasteiger partial charge in [-0.2, -0.15) is 0 Å². The van der Waals surface area contributed by atoms with Crippen molar-refractivity contribution in [3.05, 3.63) is 51.6 Å². The van der Waals surface area contributed by atoms with E-state index in [2.05, 4.69) is 32.3 Å². The summed E-state index contributed by atoms with van der Waals surface area (Å²) in [5, 5.41) is 2.88. The summed E-state index contributed by atoms with van der Waals surface area (Å²) in [6.07, 6.45) is 2.42. The Kier molecular flexibility index (Phi) is 3.79. The summed E-state index contributed by atoms with van der Waals surface area (Å²) in [6, 6.07) is 7.20. The molecule has 0 fully saturated rings. The van der Waals surface area contributed by atoms with Gasteiger partial charge < -0.3 is 15.8 Å². The van der Waals surface area contributed by atoms with Crippen molar-refractivity contribution in [2.75, 3.05) is 12.3 Å². The molecule has 0 saturated heterocycles. The van der Waals surface area contributed by atoms with E-state index in [0.29, 0.717) is 24.5 Å². The van der Waals surface area contributed by atoms with Crippen LogP contribution in [-0.4, -0.2) is 17.5 Å². The Hall–Kier alpha value is -2.08. The van der Waals surface area contributed by atoms with Gasteiger partial charge in [0.1, 0.15) is 11.6 Å². The Morgan fingerprint density at radius 2 is 2.29 bits per heavy atom. The molecule has 0 aliphatic carbocycles. The average Bonchev–Trinajstić information content (AvgIpc) is 2.92. The first kappa shape index (κ1) is 13.9. The number of anilines is 1. The fraction of sp³-hybridized carbons (Fsp3) is 0.200. The van der Waals surface area contributed by atoms with E-state index in [1.54, 1.807) is 12.1 Å². The van der Waals surface area contributed by atoms with Crippen LogP contribution in [0.1, 0.15) is 21.5 Å². The molecule has 1 amide bonds. The number of nitrogens with two attached hydrogens (primary N) is 1. The molecule has 1 aromatic carbocycles. The number of benzene rings is 1. The number of hydrogen-bond donors (Lipinski definition) is 2. The van der Waals surface area contributed by atoms with Crippen LogP contribution in [0.15, 0.2) is 34.9 Å². The normalized spacial score (nSPS) is 12.6. The summed E-state index contributed by atoms with van der Waals surface area (Å²) in [5.74, 6) is 1.03. The zero-order valence-electron chi connectivity index (χ0n) is 11.2. The third kappa shape index (κ3) is 3.00. The highest BCUT2D eigenvalue weighted by Crippen LogP contribution is 2.32. The quantitative estimate of drug-likeness (QED) is 0.892. The van der Waals surface area contributed by atoms with Gasteiger partial charge in [0.05, 0.1) is 6.61 Å². The number of carbonyl (C=O) groups is 1. The molecular formula is C15H14BrN3O2. The Bertz CT molecular complexity index is 703. The van der Waals surface area contributed by atoms with E-state index >= 15 is 0 Å². The fourth-order valence-electron chi connectivity index (χ4n) is 2.34. The van der Waals surface area contributed by atoms with Crippen LogP contribution in [0.4, 0.5) is 5.82 Å². The molecule has 108 valence electrons. The van der Waals surface area contributed by atoms with Gasteiger partial charge in [0.25, 0.3) is 5.91 Å². The maximum Gasteiger partial charge on any atom is 0.251 e. The largest absolute Gasteiger partial charge is 0.493 e. The van der Waals surface area contributed by atoms with Gasteiger partial charge in [0.2, 0.25) is 0 Å². The second-order valence-corrected chi connectivity index (χ2v) is 5.72. The fourth-order valence-corrected chi connectivity index (χ4v) is 2.90. The molecule has 5 nitrogen and oxygen atoms in total. The van der Waals surface area contributed by atoms with Crippen molar-refractivity contribution in [2.24, 2.45) is 0 Å². The number of hydrogen-bond acceptors (Lipinski definition) is 4. The molecule has 0 saturated carbocycles. The second-order valence-electron chi connectivity index (χ2n) is 4.80. The topological polar surface area (TPSA) is 77.2 Å². The number of pyridine rings is 1. The Labute approximate surface area is 130 Å². The third-order valence-corrected chi connectivity index (χ3v) is 3.77. The summed E-state index contributed by atoms with van der Waals surface area (Å²) in [6.45, 7) is 1.09. The number of carbonyl (C=O) groups excluding carboxylic acids is 1. The molecule has 2 heterocycles. The van der Waals surface area contributed by atoms with Gasteiger partial charge in [0, 0.05) is 34.8 Å². The molecular weight excluding hydrogens is 334 g/mol. The molecule has 21 heavy (non-hydrogen) atoms. The van der Waals surface area contributed by atoms with E-state index in [1.165, 1.54) is 11.8 Å². The molecule has 1 aromatic heterocycles. The number of nitrogens with one attached hydrogen (secondary N) is 1. The van der Waals surface area contributed by atoms with Crippen LogP contribution in [0.2, 0.25) is 0 Å². The number of nitrogens with zero attached hydrogens (tertiary/aromatic N) is 1. The molecule has 0 bridgehead atoms. The van der Waals surface area contributed by atoms with E-state index in [4.69, 9.17) is 10.5 Å². The van der Waals surface area contributed by atoms with E-state index < -0.39 is 0 Å². The lowest BCUT2D eigenvalue weighted by Crippen LogP contribution is -2.23. The van der Waals surface area contributed by atoms with Crippen LogP contribution < -0.4 is 15.8 Å². The average molecular weight is 348 g/mol. The molecule has 0 unspecified atom stereocenters. The lowest BCUT2D eigenvalue weighted by atomic mass is 10.1. The van der Waals surface area contributed by atoms with Gasteiger partial charge in [-0.05, 0) is 29.8 Å². The Morgan fingerprint density at radius 3 is 3.10 bits per heavy atom. The Morgan fingerprint density at radius 1 is 1.43 bits per heavy atom. The number of rotatable bonds is 3. The predicted molar refractivity (Wildman–Crippen MR) is 83.2 cm³/mol. The number of ether oxygens (including phenoxy) is 1. The first-order chi connectivity index (χ1) is 10.1. The van der Waals surface area contributed by atoms with Crippen LogP contribution in [0, 0.1) is 0 Å². The molecule has 3 rings (SSSR count). The molecule has 0 spiro atoms. The first-order valence-electron chi connectivity index (χ1n) is 6.57. The van der Waals surface area contributed by atoms with Crippen molar-refractivity contribution < 1.29 is 9.53 Å². The van der Waals surface area contributed by atoms with Crippen LogP contribution in [0.3, 0.4) is 0 Å².